The normalized spacial score (nSPS) is 15.1. The summed E-state index contributed by atoms with van der Waals surface area (Å²) in [6.45, 7) is 14.2. The minimum Gasteiger partial charge on any atom is -0.478 e. The Hall–Kier alpha value is -11.5. The maximum atomic E-state index is 13.3. The van der Waals surface area contributed by atoms with Crippen LogP contribution in [0.4, 0.5) is 33.3 Å². The molecule has 13 rings (SSSR count). The van der Waals surface area contributed by atoms with Crippen molar-refractivity contribution in [2.45, 2.75) is 98.1 Å². The van der Waals surface area contributed by atoms with E-state index in [-0.39, 0.29) is 78.1 Å². The topological polar surface area (TPSA) is 337 Å². The number of nitrogen functional groups attached to an aromatic ring is 2. The second-order valence-electron chi connectivity index (χ2n) is 23.4. The quantitative estimate of drug-likeness (QED) is 0.0285. The van der Waals surface area contributed by atoms with Gasteiger partial charge in [0, 0.05) is 114 Å². The summed E-state index contributed by atoms with van der Waals surface area (Å²) >= 11 is 0. The molecule has 24 nitrogen and oxygen atoms in total. The van der Waals surface area contributed by atoms with Crippen molar-refractivity contribution in [3.63, 3.8) is 0 Å². The molecule has 1 aliphatic carbocycles. The number of amides is 2. The summed E-state index contributed by atoms with van der Waals surface area (Å²) in [5, 5.41) is 41.5. The molecule has 4 aromatic carbocycles. The number of allylic oxidation sites excluding steroid dienone is 3. The van der Waals surface area contributed by atoms with Crippen molar-refractivity contribution >= 4 is 47.1 Å². The zero-order valence-electron chi connectivity index (χ0n) is 59.8. The number of ether oxygens (including phenoxy) is 2. The molecule has 0 saturated heterocycles. The van der Waals surface area contributed by atoms with E-state index in [1.54, 1.807) is 142 Å². The summed E-state index contributed by atoms with van der Waals surface area (Å²) in [5.74, 6) is -3.92. The minimum atomic E-state index is -1.13. The highest BCUT2D eigenvalue weighted by Gasteiger charge is 2.37. The van der Waals surface area contributed by atoms with Crippen molar-refractivity contribution in [2.24, 2.45) is 0 Å². The van der Waals surface area contributed by atoms with Crippen LogP contribution in [0.25, 0.3) is 0 Å². The number of aliphatic carboxylic acids is 1. The van der Waals surface area contributed by atoms with E-state index >= 15 is 0 Å². The lowest BCUT2D eigenvalue weighted by Gasteiger charge is -2.31. The molecule has 3 atom stereocenters. The maximum absolute atomic E-state index is 13.3. The third kappa shape index (κ3) is 21.5. The van der Waals surface area contributed by atoms with Gasteiger partial charge in [-0.3, -0.25) is 32.4 Å². The van der Waals surface area contributed by atoms with Gasteiger partial charge < -0.3 is 61.3 Å². The number of carboxylic acids is 2. The number of rotatable bonds is 14. The highest BCUT2D eigenvalue weighted by Crippen LogP contribution is 2.35. The van der Waals surface area contributed by atoms with Crippen molar-refractivity contribution in [1.29, 1.82) is 0 Å². The first-order valence-electron chi connectivity index (χ1n) is 33.9. The summed E-state index contributed by atoms with van der Waals surface area (Å²) in [6, 6.07) is 32.6. The van der Waals surface area contributed by atoms with Gasteiger partial charge in [0.15, 0.2) is 17.1 Å². The number of aromatic amines is 2. The summed E-state index contributed by atoms with van der Waals surface area (Å²) in [6.07, 6.45) is 9.15. The van der Waals surface area contributed by atoms with Gasteiger partial charge in [-0.1, -0.05) is 75.4 Å². The van der Waals surface area contributed by atoms with Crippen LogP contribution in [-0.2, 0) is 53.5 Å². The van der Waals surface area contributed by atoms with Gasteiger partial charge in [-0.05, 0) is 122 Å². The number of esters is 2. The number of carboxylic acid groups (broad SMARTS) is 2. The van der Waals surface area contributed by atoms with Crippen LogP contribution in [0.3, 0.4) is 0 Å². The Kier molecular flexibility index (Phi) is 29.6. The predicted molar refractivity (Wildman–Crippen MR) is 377 cm³/mol. The van der Waals surface area contributed by atoms with Gasteiger partial charge >= 0.3 is 23.9 Å². The van der Waals surface area contributed by atoms with Crippen molar-refractivity contribution < 1.29 is 78.3 Å². The first-order valence-corrected chi connectivity index (χ1v) is 32.4. The van der Waals surface area contributed by atoms with Gasteiger partial charge in [-0.25, -0.2) is 32.3 Å². The molecule has 2 amide bonds. The molecule has 0 radical (unpaired) electrons. The Morgan fingerprint density at radius 2 is 0.922 bits per heavy atom. The van der Waals surface area contributed by atoms with Gasteiger partial charge in [0.05, 0.1) is 63.0 Å². The van der Waals surface area contributed by atoms with Gasteiger partial charge in [-0.15, -0.1) is 0 Å². The van der Waals surface area contributed by atoms with Crippen LogP contribution in [0.5, 0.6) is 0 Å². The molecule has 0 spiro atoms. The predicted octanol–water partition coefficient (Wildman–Crippen LogP) is 11.2. The molecule has 548 valence electrons. The molecule has 5 aromatic heterocycles. The molecule has 10 N–H and O–H groups in total. The maximum Gasteiger partial charge on any atom is 0.359 e. The molecule has 9 aromatic rings. The highest BCUT2D eigenvalue weighted by atomic mass is 19.1. The lowest BCUT2D eigenvalue weighted by molar-refractivity contribution is -0.132. The lowest BCUT2D eigenvalue weighted by Crippen LogP contribution is -2.38. The van der Waals surface area contributed by atoms with E-state index in [1.807, 2.05) is 24.6 Å². The number of nitrogens with one attached hydrogen (secondary N) is 3. The van der Waals surface area contributed by atoms with Gasteiger partial charge in [0.25, 0.3) is 11.8 Å². The van der Waals surface area contributed by atoms with E-state index < -0.39 is 38.2 Å². The monoisotopic (exact) mass is 1430 g/mol. The minimum absolute atomic E-state index is 0.0382. The van der Waals surface area contributed by atoms with E-state index in [1.165, 1.54) is 36.4 Å². The third-order valence-electron chi connectivity index (χ3n) is 16.2. The largest absolute Gasteiger partial charge is 0.478 e. The molecule has 0 bridgehead atoms. The molecule has 8 heterocycles. The summed E-state index contributed by atoms with van der Waals surface area (Å²) in [5.41, 5.74) is 21.8. The number of aliphatic hydroxyl groups is 1. The molecule has 4 aliphatic rings. The van der Waals surface area contributed by atoms with Crippen LogP contribution in [0.2, 0.25) is 0 Å². The Balaban J connectivity index is 0.000000214. The Bertz CT molecular complexity index is 4320. The van der Waals surface area contributed by atoms with Crippen LogP contribution >= 0.6 is 0 Å². The van der Waals surface area contributed by atoms with Crippen LogP contribution in [0, 0.1) is 17.5 Å². The van der Waals surface area contributed by atoms with E-state index in [4.69, 9.17) is 33.9 Å². The number of benzene rings is 4. The number of alkyl halides is 2. The molecule has 0 saturated carbocycles. The fourth-order valence-corrected chi connectivity index (χ4v) is 11.8. The van der Waals surface area contributed by atoms with Crippen molar-refractivity contribution in [3.8, 4) is 0 Å². The average Bonchev–Trinajstić information content (AvgIpc) is 1.63. The molecule has 29 heteroatoms. The fourth-order valence-electron chi connectivity index (χ4n) is 11.8. The van der Waals surface area contributed by atoms with Gasteiger partial charge in [0.2, 0.25) is 0 Å². The first-order chi connectivity index (χ1) is 50.4. The number of nitrogens with two attached hydrogens (primary N) is 2. The van der Waals surface area contributed by atoms with E-state index in [0.29, 0.717) is 86.1 Å². The van der Waals surface area contributed by atoms with Crippen LogP contribution in [0.15, 0.2) is 158 Å². The number of anilines is 2. The van der Waals surface area contributed by atoms with E-state index in [2.05, 4.69) is 37.5 Å². The molecule has 103 heavy (non-hydrogen) atoms. The highest BCUT2D eigenvalue weighted by molar-refractivity contribution is 5.95. The average molecular weight is 1430 g/mol. The van der Waals surface area contributed by atoms with Crippen LogP contribution in [0.1, 0.15) is 164 Å². The number of carbonyl (C=O) groups excluding carboxylic acids is 4. The summed E-state index contributed by atoms with van der Waals surface area (Å²) in [7, 11) is -1.00. The molecular formula is C74H86F5N13O11. The smallest absolute Gasteiger partial charge is 0.359 e. The number of H-pyrrole nitrogens is 2. The number of aromatic carboxylic acids is 1. The lowest BCUT2D eigenvalue weighted by atomic mass is 9.95. The Morgan fingerprint density at radius 3 is 1.25 bits per heavy atom. The molecule has 0 fully saturated rings. The Morgan fingerprint density at radius 1 is 0.553 bits per heavy atom. The van der Waals surface area contributed by atoms with Crippen molar-refractivity contribution in [1.82, 2.24) is 54.4 Å². The fraction of sp³-hybridized carbons (Fsp3) is 0.311. The number of aromatic nitrogens is 8. The van der Waals surface area contributed by atoms with Crippen molar-refractivity contribution in [2.75, 3.05) is 65.7 Å². The Labute approximate surface area is 595 Å². The standard InChI is InChI=1S/C22H23FN4O3.C20H19FN4O3.C17H20FN3O2.C6H8N2.C6H6O2.2CH3F.CH4O/c1-3-30-22(29)19-17-13-26(21(28)18-5-4-10-24-18)11-14(2)20(17)27(25-19)12-15-6-8-16(23)9-7-15;1-12-9-24(19(26)16-3-2-8-22-16)11-15-17(20(27)28)23-25(18(12)15)10-13-4-6-14(21)7-5-13;1-3-23-17(22)15-14-9-19-8-11(2)16(14)21(20-15)10-12-4-6-13(18)7-5-12;7-5-1-2-6(8)4-3-5;7-6(8)5-3-1-2-4-5;3*1-2/h4-10,14,24H,3,11-13H2,1-2H3;2-8,12,22H,9-11H2,1H3,(H,27,28);4-7,11,19H,3,8-10H2,1-2H3;1-4H,7-8H2;1-3H,4H2,(H,7,8);2*1H3;2H,1H3/i;;;;;2*1D;. The third-order valence-corrected chi connectivity index (χ3v) is 16.2. The molecule has 3 unspecified atom stereocenters. The van der Waals surface area contributed by atoms with Crippen LogP contribution in [-0.4, -0.2) is 154 Å². The van der Waals surface area contributed by atoms with Crippen LogP contribution < -0.4 is 16.8 Å². The molecular weight excluding hydrogens is 1340 g/mol. The van der Waals surface area contributed by atoms with Gasteiger partial charge in [-0.2, -0.15) is 15.3 Å². The van der Waals surface area contributed by atoms with Gasteiger partial charge in [0.1, 0.15) is 28.8 Å². The summed E-state index contributed by atoms with van der Waals surface area (Å²) < 4.78 is 86.1. The van der Waals surface area contributed by atoms with Crippen molar-refractivity contribution in [3.05, 3.63) is 254 Å². The second kappa shape index (κ2) is 39.5. The number of hydrogen-bond acceptors (Lipinski definition) is 15. The summed E-state index contributed by atoms with van der Waals surface area (Å²) in [4.78, 5) is 81.4. The zero-order chi connectivity index (χ0) is 76.9. The zero-order valence-corrected chi connectivity index (χ0v) is 57.8. The van der Waals surface area contributed by atoms with E-state index in [0.717, 1.165) is 64.4 Å². The molecule has 3 aliphatic heterocycles. The SMILES string of the molecule is CC1CN(C(=O)c2ccc[nH]2)Cc2c(C(=O)O)nn(Cc3ccc(F)cc3)c21.CCOC(=O)c1nn(Cc2ccc(F)cc2)c2c1CN(C(=O)c1ccc[nH]1)CC2C.CCOC(=O)c1nn(Cc2ccc(F)cc2)c2c1CNCC2C.CO.Nc1ccc(N)cc1.O=C(O)C1=CC=CC1.[2H]CF.[2H]CF. The number of fused-ring (bicyclic) bond motifs is 3. The van der Waals surface area contributed by atoms with E-state index in [9.17, 15) is 55.8 Å². The number of nitrogens with zero attached hydrogens (tertiary/aromatic N) is 8. The second-order valence-corrected chi connectivity index (χ2v) is 23.4. The first kappa shape index (κ1) is 77.3. The number of halogens is 5. The number of carbonyl (C=O) groups is 6. The number of aliphatic hydroxyl groups excluding tert-OH is 1. The number of hydrogen-bond donors (Lipinski definition) is 8.